The Hall–Kier alpha value is -5.75. The molecule has 26 heteroatoms. The molecule has 0 bridgehead atoms. The first kappa shape index (κ1) is 57.8. The number of hydrogen-bond donors (Lipinski definition) is 8. The van der Waals surface area contributed by atoms with E-state index in [1.807, 2.05) is 13.8 Å². The lowest BCUT2D eigenvalue weighted by Gasteiger charge is -2.28. The zero-order valence-corrected chi connectivity index (χ0v) is 42.3. The van der Waals surface area contributed by atoms with E-state index in [4.69, 9.17) is 22.2 Å². The van der Waals surface area contributed by atoms with Crippen molar-refractivity contribution in [2.75, 3.05) is 19.8 Å². The van der Waals surface area contributed by atoms with Crippen LogP contribution in [0.4, 0.5) is 0 Å². The molecule has 0 unspecified atom stereocenters. The van der Waals surface area contributed by atoms with Crippen LogP contribution < -0.4 is 27.0 Å². The molecule has 1 saturated heterocycles. The number of aromatic nitrogens is 2. The molecule has 2 aromatic carbocycles. The minimum absolute atomic E-state index is 0.119. The number of likely N-dealkylation sites (tertiary alicyclic amines) is 1. The van der Waals surface area contributed by atoms with E-state index in [-0.39, 0.29) is 34.5 Å². The number of hydrogen-bond acceptors (Lipinski definition) is 14. The van der Waals surface area contributed by atoms with Crippen LogP contribution in [0, 0.1) is 5.92 Å². The summed E-state index contributed by atoms with van der Waals surface area (Å²) < 4.78 is 43.5. The van der Waals surface area contributed by atoms with E-state index in [2.05, 4.69) is 35.9 Å². The van der Waals surface area contributed by atoms with Gasteiger partial charge in [-0.2, -0.15) is 0 Å². The number of nitrogens with zero attached hydrogens (tertiary/aromatic N) is 4. The lowest BCUT2D eigenvalue weighted by Crippen LogP contribution is -2.61. The Morgan fingerprint density at radius 2 is 1.51 bits per heavy atom. The van der Waals surface area contributed by atoms with Gasteiger partial charge in [-0.1, -0.05) is 49.2 Å². The van der Waals surface area contributed by atoms with E-state index in [1.54, 1.807) is 23.0 Å². The number of halogens is 1. The number of unbranched alkanes of at least 4 members (excludes halogenated alkanes) is 3. The molecule has 0 aliphatic carbocycles. The molecule has 0 radical (unpaired) electrons. The van der Waals surface area contributed by atoms with Crippen molar-refractivity contribution in [2.24, 2.45) is 16.8 Å². The highest BCUT2D eigenvalue weighted by Gasteiger charge is 2.37. The number of nitrogens with one attached hydrogen (secondary N) is 4. The van der Waals surface area contributed by atoms with Crippen molar-refractivity contribution < 1.29 is 66.0 Å². The van der Waals surface area contributed by atoms with Gasteiger partial charge in [0, 0.05) is 43.3 Å². The summed E-state index contributed by atoms with van der Waals surface area (Å²) in [6.45, 7) is 6.19. The Bertz CT molecular complexity index is 2490. The molecule has 1 aliphatic heterocycles. The topological polar surface area (TPSA) is 340 Å². The van der Waals surface area contributed by atoms with Gasteiger partial charge >= 0.3 is 7.82 Å². The number of aryl methyl sites for hydroxylation is 1. The van der Waals surface area contributed by atoms with E-state index in [9.17, 15) is 56.6 Å². The number of oxime groups is 1. The van der Waals surface area contributed by atoms with E-state index >= 15 is 0 Å². The van der Waals surface area contributed by atoms with Crippen LogP contribution >= 0.6 is 19.4 Å². The Labute approximate surface area is 416 Å². The van der Waals surface area contributed by atoms with Crippen molar-refractivity contribution >= 4 is 70.9 Å². The molecule has 4 rings (SSSR count). The average Bonchev–Trinajstić information content (AvgIpc) is 3.98. The molecule has 1 aliphatic rings. The highest BCUT2D eigenvalue weighted by Crippen LogP contribution is 2.38. The third kappa shape index (κ3) is 18.1. The molecule has 0 saturated carbocycles. The number of imidazole rings is 1. The molecule has 9 N–H and O–H groups in total. The van der Waals surface area contributed by atoms with Gasteiger partial charge in [0.05, 0.1) is 35.0 Å². The quantitative estimate of drug-likeness (QED) is 0.0221. The van der Waals surface area contributed by atoms with Crippen LogP contribution in [0.25, 0.3) is 0 Å². The van der Waals surface area contributed by atoms with E-state index in [1.165, 1.54) is 60.6 Å². The van der Waals surface area contributed by atoms with Crippen molar-refractivity contribution in [3.8, 4) is 0 Å². The standard InChI is InChI=1S/C45H63ClN9O14PS/c1-28(2)22-36(51-45(62)39-10-9-20-55(39)30(4)57)42(59)50-37(43(60)52-38(26-56)44(61)53-40(41(47)58)29(3)69-70(63,64)65)23-33-25-48-27-54(33)19-7-5-6-8-21-68-49-24-31-11-15-34(16-12-31)71(66,67)35-17-13-32(46)14-18-35/h11-18,24-25,27-29,36-40,56H,5-10,19-23,26H2,1-4H3,(H2,47,58)(H,50,59)(H,51,62)(H,52,60)(H,53,61)(H2,63,64,65)/b49-24+/t29-,36+,37+,38+,39+,40+/m1/s1. The highest BCUT2D eigenvalue weighted by molar-refractivity contribution is 7.91. The maximum absolute atomic E-state index is 14.1. The van der Waals surface area contributed by atoms with E-state index in [0.717, 1.165) is 19.8 Å². The summed E-state index contributed by atoms with van der Waals surface area (Å²) in [4.78, 5) is 109. The lowest BCUT2D eigenvalue weighted by molar-refractivity contribution is -0.139. The zero-order chi connectivity index (χ0) is 52.5. The van der Waals surface area contributed by atoms with Crippen molar-refractivity contribution in [1.82, 2.24) is 35.7 Å². The second-order valence-electron chi connectivity index (χ2n) is 17.3. The largest absolute Gasteiger partial charge is 0.469 e. The number of benzene rings is 2. The lowest BCUT2D eigenvalue weighted by atomic mass is 10.0. The van der Waals surface area contributed by atoms with E-state index < -0.39 is 90.1 Å². The summed E-state index contributed by atoms with van der Waals surface area (Å²) in [5.74, 6) is -5.09. The van der Waals surface area contributed by atoms with Crippen LogP contribution in [0.3, 0.4) is 0 Å². The smallest absolute Gasteiger partial charge is 0.396 e. The monoisotopic (exact) mass is 1050 g/mol. The van der Waals surface area contributed by atoms with Crippen LogP contribution in [-0.4, -0.2) is 135 Å². The number of aliphatic hydroxyl groups is 1. The summed E-state index contributed by atoms with van der Waals surface area (Å²) in [6, 6.07) is 5.11. The number of nitrogens with two attached hydrogens (primary N) is 1. The van der Waals surface area contributed by atoms with Gasteiger partial charge in [0.15, 0.2) is 0 Å². The number of phosphoric acid groups is 1. The maximum atomic E-state index is 14.1. The fourth-order valence-electron chi connectivity index (χ4n) is 7.65. The fourth-order valence-corrected chi connectivity index (χ4v) is 9.59. The summed E-state index contributed by atoms with van der Waals surface area (Å²) in [6.07, 6.45) is 6.67. The molecule has 23 nitrogen and oxygen atoms in total. The minimum atomic E-state index is -5.14. The average molecular weight is 1050 g/mol. The summed E-state index contributed by atoms with van der Waals surface area (Å²) in [5.41, 5.74) is 6.48. The molecule has 6 amide bonds. The van der Waals surface area contributed by atoms with Crippen molar-refractivity contribution in [3.63, 3.8) is 0 Å². The first-order valence-electron chi connectivity index (χ1n) is 22.9. The van der Waals surface area contributed by atoms with Gasteiger partial charge in [-0.05, 0) is 93.3 Å². The molecule has 2 heterocycles. The highest BCUT2D eigenvalue weighted by atomic mass is 35.5. The fraction of sp³-hybridized carbons (Fsp3) is 0.511. The maximum Gasteiger partial charge on any atom is 0.469 e. The van der Waals surface area contributed by atoms with Crippen molar-refractivity contribution in [1.29, 1.82) is 0 Å². The number of carbonyl (C=O) groups is 6. The van der Waals surface area contributed by atoms with Gasteiger partial charge in [-0.15, -0.1) is 0 Å². The molecule has 0 spiro atoms. The molecule has 71 heavy (non-hydrogen) atoms. The Kier molecular flexibility index (Phi) is 22.1. The summed E-state index contributed by atoms with van der Waals surface area (Å²) >= 11 is 5.89. The van der Waals surface area contributed by atoms with Crippen LogP contribution in [0.1, 0.15) is 83.9 Å². The first-order valence-corrected chi connectivity index (χ1v) is 26.3. The van der Waals surface area contributed by atoms with Gasteiger partial charge in [0.2, 0.25) is 45.3 Å². The number of phosphoric ester groups is 1. The first-order chi connectivity index (χ1) is 33.5. The third-order valence-corrected chi connectivity index (χ3v) is 14.0. The molecule has 3 aromatic rings. The van der Waals surface area contributed by atoms with Gasteiger partial charge in [0.25, 0.3) is 0 Å². The number of carbonyl (C=O) groups excluding carboxylic acids is 6. The second-order valence-corrected chi connectivity index (χ2v) is 20.9. The number of rotatable bonds is 28. The summed E-state index contributed by atoms with van der Waals surface area (Å²) in [5, 5.41) is 24.5. The molecule has 1 fully saturated rings. The molecule has 1 aromatic heterocycles. The number of sulfone groups is 1. The Balaban J connectivity index is 1.39. The molecule has 390 valence electrons. The van der Waals surface area contributed by atoms with Gasteiger partial charge in [0.1, 0.15) is 36.8 Å². The Morgan fingerprint density at radius 1 is 0.901 bits per heavy atom. The van der Waals surface area contributed by atoms with Gasteiger partial charge in [-0.25, -0.2) is 18.0 Å². The Morgan fingerprint density at radius 3 is 2.11 bits per heavy atom. The molecular formula is C45H63ClN9O14PS. The molecular weight excluding hydrogens is 989 g/mol. The number of amides is 6. The minimum Gasteiger partial charge on any atom is -0.396 e. The predicted molar refractivity (Wildman–Crippen MR) is 258 cm³/mol. The SMILES string of the molecule is CC(=O)N1CCC[C@H]1C(=O)N[C@@H](CC(C)C)C(=O)N[C@@H](Cc1cncn1CCCCCCO/N=C/c1ccc(S(=O)(=O)c2ccc(Cl)cc2)cc1)C(=O)N[C@@H](CO)C(=O)N[C@H](C(N)=O)[C@@H](C)OP(=O)(O)O. The predicted octanol–water partition coefficient (Wildman–Crippen LogP) is 1.49. The summed E-state index contributed by atoms with van der Waals surface area (Å²) in [7, 11) is -8.86. The third-order valence-electron chi connectivity index (χ3n) is 11.3. The normalized spacial score (nSPS) is 16.2. The zero-order valence-electron chi connectivity index (χ0n) is 39.8. The number of primary amides is 1. The van der Waals surface area contributed by atoms with Crippen LogP contribution in [0.5, 0.6) is 0 Å². The van der Waals surface area contributed by atoms with E-state index in [0.29, 0.717) is 61.7 Å². The number of aliphatic hydroxyl groups excluding tert-OH is 1. The van der Waals surface area contributed by atoms with Gasteiger partial charge < -0.3 is 56.2 Å². The molecule has 6 atom stereocenters. The van der Waals surface area contributed by atoms with Crippen LogP contribution in [-0.2, 0) is 65.5 Å². The van der Waals surface area contributed by atoms with Crippen LogP contribution in [0.2, 0.25) is 5.02 Å². The van der Waals surface area contributed by atoms with Crippen molar-refractivity contribution in [3.05, 3.63) is 77.3 Å². The van der Waals surface area contributed by atoms with Gasteiger partial charge in [-0.3, -0.25) is 33.3 Å². The van der Waals surface area contributed by atoms with Crippen molar-refractivity contribution in [2.45, 2.75) is 132 Å². The van der Waals surface area contributed by atoms with Crippen LogP contribution in [0.15, 0.2) is 76.0 Å². The second kappa shape index (κ2) is 27.2.